The number of para-hydroxylation sites is 1. The lowest BCUT2D eigenvalue weighted by Gasteiger charge is -2.33. The second-order valence-corrected chi connectivity index (χ2v) is 7.34. The van der Waals surface area contributed by atoms with Crippen LogP contribution >= 0.6 is 0 Å². The number of nitrogens with one attached hydrogen (secondary N) is 1. The van der Waals surface area contributed by atoms with Gasteiger partial charge in [0.25, 0.3) is 5.88 Å². The zero-order chi connectivity index (χ0) is 20.9. The van der Waals surface area contributed by atoms with Crippen molar-refractivity contribution in [2.24, 2.45) is 5.92 Å². The average molecular weight is 406 g/mol. The minimum atomic E-state index is -0.379. The van der Waals surface area contributed by atoms with Crippen molar-refractivity contribution < 1.29 is 13.9 Å². The van der Waals surface area contributed by atoms with Crippen LogP contribution in [0.1, 0.15) is 18.4 Å². The largest absolute Gasteiger partial charge is 0.436 e. The van der Waals surface area contributed by atoms with E-state index in [-0.39, 0.29) is 17.6 Å². The highest BCUT2D eigenvalue weighted by atomic mass is 19.1. The van der Waals surface area contributed by atoms with Crippen LogP contribution in [-0.2, 0) is 4.79 Å². The topological polar surface area (TPSA) is 67.4 Å². The number of hydrogen-bond acceptors (Lipinski definition) is 5. The SMILES string of the molecule is Cc1ccccc1Oc1nccnc1N1CCC[C@@H](C(=O)Nc2cccc(F)c2)C1. The highest BCUT2D eigenvalue weighted by Gasteiger charge is 2.28. The van der Waals surface area contributed by atoms with E-state index in [1.54, 1.807) is 24.5 Å². The lowest BCUT2D eigenvalue weighted by atomic mass is 9.97. The van der Waals surface area contributed by atoms with E-state index in [2.05, 4.69) is 15.3 Å². The fourth-order valence-corrected chi connectivity index (χ4v) is 3.58. The van der Waals surface area contributed by atoms with E-state index in [1.165, 1.54) is 12.1 Å². The Morgan fingerprint density at radius 1 is 1.17 bits per heavy atom. The Kier molecular flexibility index (Phi) is 5.88. The molecule has 0 unspecified atom stereocenters. The van der Waals surface area contributed by atoms with Gasteiger partial charge in [-0.3, -0.25) is 4.79 Å². The zero-order valence-corrected chi connectivity index (χ0v) is 16.7. The van der Waals surface area contributed by atoms with Crippen molar-refractivity contribution in [2.45, 2.75) is 19.8 Å². The molecule has 154 valence electrons. The number of amides is 1. The zero-order valence-electron chi connectivity index (χ0n) is 16.7. The van der Waals surface area contributed by atoms with Crippen LogP contribution in [0.3, 0.4) is 0 Å². The van der Waals surface area contributed by atoms with E-state index in [4.69, 9.17) is 4.74 Å². The monoisotopic (exact) mass is 406 g/mol. The number of carbonyl (C=O) groups excluding carboxylic acids is 1. The van der Waals surface area contributed by atoms with Gasteiger partial charge < -0.3 is 15.0 Å². The molecule has 7 heteroatoms. The number of nitrogens with zero attached hydrogens (tertiary/aromatic N) is 3. The Morgan fingerprint density at radius 2 is 2.00 bits per heavy atom. The Labute approximate surface area is 174 Å². The number of carbonyl (C=O) groups is 1. The van der Waals surface area contributed by atoms with Gasteiger partial charge in [-0.25, -0.2) is 14.4 Å². The van der Waals surface area contributed by atoms with Gasteiger partial charge in [-0.1, -0.05) is 24.3 Å². The van der Waals surface area contributed by atoms with Crippen LogP contribution in [0, 0.1) is 18.7 Å². The van der Waals surface area contributed by atoms with Crippen molar-refractivity contribution in [3.63, 3.8) is 0 Å². The van der Waals surface area contributed by atoms with Gasteiger partial charge in [0.2, 0.25) is 5.91 Å². The van der Waals surface area contributed by atoms with Crippen LogP contribution < -0.4 is 15.0 Å². The van der Waals surface area contributed by atoms with Crippen molar-refractivity contribution >= 4 is 17.4 Å². The Bertz CT molecular complexity index is 1040. The normalized spacial score (nSPS) is 16.2. The maximum atomic E-state index is 13.4. The van der Waals surface area contributed by atoms with Crippen molar-refractivity contribution in [3.8, 4) is 11.6 Å². The summed E-state index contributed by atoms with van der Waals surface area (Å²) in [6, 6.07) is 13.6. The van der Waals surface area contributed by atoms with Crippen LogP contribution in [0.15, 0.2) is 60.9 Å². The molecule has 6 nitrogen and oxygen atoms in total. The third-order valence-corrected chi connectivity index (χ3v) is 5.13. The minimum Gasteiger partial charge on any atom is -0.436 e. The lowest BCUT2D eigenvalue weighted by Crippen LogP contribution is -2.41. The van der Waals surface area contributed by atoms with Crippen molar-refractivity contribution in [1.29, 1.82) is 0 Å². The summed E-state index contributed by atoms with van der Waals surface area (Å²) >= 11 is 0. The second kappa shape index (κ2) is 8.90. The van der Waals surface area contributed by atoms with Crippen LogP contribution in [0.5, 0.6) is 11.6 Å². The van der Waals surface area contributed by atoms with E-state index >= 15 is 0 Å². The smallest absolute Gasteiger partial charge is 0.263 e. The van der Waals surface area contributed by atoms with Gasteiger partial charge in [0.05, 0.1) is 5.92 Å². The number of benzene rings is 2. The number of rotatable bonds is 5. The Hall–Kier alpha value is -3.48. The van der Waals surface area contributed by atoms with E-state index in [0.717, 1.165) is 30.7 Å². The second-order valence-electron chi connectivity index (χ2n) is 7.34. The Morgan fingerprint density at radius 3 is 2.83 bits per heavy atom. The molecule has 2 aromatic carbocycles. The summed E-state index contributed by atoms with van der Waals surface area (Å²) in [6.07, 6.45) is 4.80. The molecule has 3 aromatic rings. The third-order valence-electron chi connectivity index (χ3n) is 5.13. The summed E-state index contributed by atoms with van der Waals surface area (Å²) in [5.41, 5.74) is 1.46. The van der Waals surface area contributed by atoms with Crippen LogP contribution in [0.2, 0.25) is 0 Å². The van der Waals surface area contributed by atoms with Crippen molar-refractivity contribution in [1.82, 2.24) is 9.97 Å². The molecular weight excluding hydrogens is 383 g/mol. The highest BCUT2D eigenvalue weighted by molar-refractivity contribution is 5.93. The van der Waals surface area contributed by atoms with Gasteiger partial charge in [0.1, 0.15) is 11.6 Å². The van der Waals surface area contributed by atoms with Crippen LogP contribution in [0.4, 0.5) is 15.9 Å². The minimum absolute atomic E-state index is 0.129. The molecule has 1 N–H and O–H groups in total. The fourth-order valence-electron chi connectivity index (χ4n) is 3.58. The molecule has 1 aliphatic heterocycles. The van der Waals surface area contributed by atoms with E-state index < -0.39 is 0 Å². The maximum absolute atomic E-state index is 13.4. The molecule has 1 amide bonds. The van der Waals surface area contributed by atoms with Crippen molar-refractivity contribution in [3.05, 3.63) is 72.3 Å². The van der Waals surface area contributed by atoms with Gasteiger partial charge >= 0.3 is 0 Å². The molecule has 30 heavy (non-hydrogen) atoms. The summed E-state index contributed by atoms with van der Waals surface area (Å²) in [7, 11) is 0. The molecule has 1 aliphatic rings. The Balaban J connectivity index is 1.49. The van der Waals surface area contributed by atoms with Gasteiger partial charge in [-0.2, -0.15) is 0 Å². The molecule has 0 aliphatic carbocycles. The van der Waals surface area contributed by atoms with E-state index in [0.29, 0.717) is 23.9 Å². The number of anilines is 2. The molecule has 2 heterocycles. The number of halogens is 1. The molecule has 0 radical (unpaired) electrons. The molecule has 1 fully saturated rings. The first-order valence-corrected chi connectivity index (χ1v) is 9.96. The predicted molar refractivity (Wildman–Crippen MR) is 113 cm³/mol. The number of hydrogen-bond donors (Lipinski definition) is 1. The molecule has 4 rings (SSSR count). The summed E-state index contributed by atoms with van der Waals surface area (Å²) in [6.45, 7) is 3.22. The standard InChI is InChI=1S/C23H23FN4O2/c1-16-6-2-3-10-20(16)30-23-21(25-11-12-26-23)28-13-5-7-17(15-28)22(29)27-19-9-4-8-18(24)14-19/h2-4,6,8-12,14,17H,5,7,13,15H2,1H3,(H,27,29)/t17-/m1/s1. The van der Waals surface area contributed by atoms with Gasteiger partial charge in [-0.05, 0) is 49.6 Å². The van der Waals surface area contributed by atoms with E-state index in [1.807, 2.05) is 36.1 Å². The molecule has 1 aromatic heterocycles. The molecular formula is C23H23FN4O2. The molecule has 1 saturated heterocycles. The number of aryl methyl sites for hydroxylation is 1. The molecule has 0 saturated carbocycles. The fraction of sp³-hybridized carbons (Fsp3) is 0.261. The van der Waals surface area contributed by atoms with Gasteiger partial charge in [0, 0.05) is 31.2 Å². The molecule has 1 atom stereocenters. The summed E-state index contributed by atoms with van der Waals surface area (Å²) < 4.78 is 19.4. The van der Waals surface area contributed by atoms with Gasteiger partial charge in [-0.15, -0.1) is 0 Å². The highest BCUT2D eigenvalue weighted by Crippen LogP contribution is 2.32. The maximum Gasteiger partial charge on any atom is 0.263 e. The van der Waals surface area contributed by atoms with Crippen LogP contribution in [0.25, 0.3) is 0 Å². The molecule has 0 bridgehead atoms. The quantitative estimate of drug-likeness (QED) is 0.672. The lowest BCUT2D eigenvalue weighted by molar-refractivity contribution is -0.120. The summed E-state index contributed by atoms with van der Waals surface area (Å²) in [5.74, 6) is 1.00. The average Bonchev–Trinajstić information content (AvgIpc) is 2.76. The first-order chi connectivity index (χ1) is 14.6. The predicted octanol–water partition coefficient (Wildman–Crippen LogP) is 4.57. The summed E-state index contributed by atoms with van der Waals surface area (Å²) in [4.78, 5) is 23.6. The summed E-state index contributed by atoms with van der Waals surface area (Å²) in [5, 5.41) is 2.81. The number of ether oxygens (including phenoxy) is 1. The van der Waals surface area contributed by atoms with E-state index in [9.17, 15) is 9.18 Å². The van der Waals surface area contributed by atoms with Crippen molar-refractivity contribution in [2.75, 3.05) is 23.3 Å². The number of aromatic nitrogens is 2. The van der Waals surface area contributed by atoms with Gasteiger partial charge in [0.15, 0.2) is 5.82 Å². The first kappa shape index (κ1) is 19.8. The third kappa shape index (κ3) is 4.56. The van der Waals surface area contributed by atoms with Crippen LogP contribution in [-0.4, -0.2) is 29.0 Å². The molecule has 0 spiro atoms. The number of piperidine rings is 1. The first-order valence-electron chi connectivity index (χ1n) is 9.96.